The minimum atomic E-state index is -0.134. The van der Waals surface area contributed by atoms with Crippen molar-refractivity contribution in [2.45, 2.75) is 13.8 Å². The number of pyridine rings is 1. The van der Waals surface area contributed by atoms with Crippen molar-refractivity contribution >= 4 is 29.0 Å². The largest absolute Gasteiger partial charge is 0.437 e. The summed E-state index contributed by atoms with van der Waals surface area (Å²) in [7, 11) is 0. The summed E-state index contributed by atoms with van der Waals surface area (Å²) in [5.74, 6) is 0.658. The van der Waals surface area contributed by atoms with E-state index in [-0.39, 0.29) is 16.7 Å². The first kappa shape index (κ1) is 14.6. The molecule has 0 aliphatic carbocycles. The Morgan fingerprint density at radius 1 is 1.20 bits per heavy atom. The molecule has 104 valence electrons. The van der Waals surface area contributed by atoms with E-state index in [0.717, 1.165) is 11.1 Å². The van der Waals surface area contributed by atoms with Crippen molar-refractivity contribution in [2.24, 2.45) is 5.73 Å². The molecule has 0 spiro atoms. The van der Waals surface area contributed by atoms with E-state index in [9.17, 15) is 0 Å². The van der Waals surface area contributed by atoms with Gasteiger partial charge in [0.15, 0.2) is 0 Å². The van der Waals surface area contributed by atoms with Crippen LogP contribution in [-0.2, 0) is 0 Å². The van der Waals surface area contributed by atoms with Crippen molar-refractivity contribution in [3.8, 4) is 11.6 Å². The molecule has 1 aromatic carbocycles. The van der Waals surface area contributed by atoms with Gasteiger partial charge in [-0.1, -0.05) is 23.2 Å². The van der Waals surface area contributed by atoms with Crippen molar-refractivity contribution in [3.63, 3.8) is 0 Å². The van der Waals surface area contributed by atoms with Gasteiger partial charge >= 0.3 is 0 Å². The highest BCUT2D eigenvalue weighted by Gasteiger charge is 2.13. The van der Waals surface area contributed by atoms with E-state index in [1.807, 2.05) is 13.8 Å². The quantitative estimate of drug-likeness (QED) is 0.662. The predicted molar refractivity (Wildman–Crippen MR) is 81.3 cm³/mol. The molecule has 0 fully saturated rings. The summed E-state index contributed by atoms with van der Waals surface area (Å²) in [5.41, 5.74) is 7.64. The first-order valence-corrected chi connectivity index (χ1v) is 6.59. The number of nitrogen functional groups attached to an aromatic ring is 1. The SMILES string of the molecule is Cc1cc(Oc2nccc(C(=N)N)c2Cl)cc(C)c1Cl. The van der Waals surface area contributed by atoms with Crippen LogP contribution in [0.2, 0.25) is 10.0 Å². The molecule has 0 aliphatic rings. The number of rotatable bonds is 3. The van der Waals surface area contributed by atoms with Crippen LogP contribution in [0.1, 0.15) is 16.7 Å². The molecule has 2 rings (SSSR count). The first-order valence-electron chi connectivity index (χ1n) is 5.83. The van der Waals surface area contributed by atoms with Gasteiger partial charge in [-0.3, -0.25) is 5.41 Å². The minimum absolute atomic E-state index is 0.134. The van der Waals surface area contributed by atoms with Crippen molar-refractivity contribution in [3.05, 3.63) is 51.1 Å². The van der Waals surface area contributed by atoms with E-state index in [1.165, 1.54) is 6.20 Å². The second-order valence-corrected chi connectivity index (χ2v) is 5.12. The van der Waals surface area contributed by atoms with E-state index >= 15 is 0 Å². The highest BCUT2D eigenvalue weighted by atomic mass is 35.5. The maximum atomic E-state index is 7.44. The summed E-state index contributed by atoms with van der Waals surface area (Å²) in [4.78, 5) is 4.06. The maximum Gasteiger partial charge on any atom is 0.238 e. The molecule has 0 saturated carbocycles. The van der Waals surface area contributed by atoms with Crippen molar-refractivity contribution in [2.75, 3.05) is 0 Å². The van der Waals surface area contributed by atoms with Gasteiger partial charge in [-0.25, -0.2) is 4.98 Å². The van der Waals surface area contributed by atoms with E-state index in [0.29, 0.717) is 16.3 Å². The van der Waals surface area contributed by atoms with Gasteiger partial charge in [0.05, 0.1) is 0 Å². The van der Waals surface area contributed by atoms with Crippen molar-refractivity contribution < 1.29 is 4.74 Å². The minimum Gasteiger partial charge on any atom is -0.437 e. The van der Waals surface area contributed by atoms with E-state index in [4.69, 9.17) is 39.1 Å². The normalized spacial score (nSPS) is 10.4. The summed E-state index contributed by atoms with van der Waals surface area (Å²) >= 11 is 12.2. The van der Waals surface area contributed by atoms with Crippen LogP contribution < -0.4 is 10.5 Å². The number of amidine groups is 1. The molecular formula is C14H13Cl2N3O. The van der Waals surface area contributed by atoms with Gasteiger partial charge in [0, 0.05) is 16.8 Å². The fourth-order valence-corrected chi connectivity index (χ4v) is 2.14. The van der Waals surface area contributed by atoms with Gasteiger partial charge in [0.1, 0.15) is 16.6 Å². The van der Waals surface area contributed by atoms with Crippen LogP contribution in [0, 0.1) is 19.3 Å². The lowest BCUT2D eigenvalue weighted by Crippen LogP contribution is -2.12. The monoisotopic (exact) mass is 309 g/mol. The van der Waals surface area contributed by atoms with E-state index < -0.39 is 0 Å². The zero-order chi connectivity index (χ0) is 14.9. The van der Waals surface area contributed by atoms with Crippen molar-refractivity contribution in [1.82, 2.24) is 4.98 Å². The topological polar surface area (TPSA) is 72.0 Å². The Balaban J connectivity index is 2.40. The molecule has 0 radical (unpaired) electrons. The molecule has 0 bridgehead atoms. The highest BCUT2D eigenvalue weighted by molar-refractivity contribution is 6.35. The summed E-state index contributed by atoms with van der Waals surface area (Å²) in [6.45, 7) is 3.78. The molecule has 2 aromatic rings. The third kappa shape index (κ3) is 2.86. The Morgan fingerprint density at radius 3 is 2.35 bits per heavy atom. The molecule has 0 atom stereocenters. The number of hydrogen-bond donors (Lipinski definition) is 2. The number of ether oxygens (including phenoxy) is 1. The number of aromatic nitrogens is 1. The average Bonchev–Trinajstić information content (AvgIpc) is 2.38. The van der Waals surface area contributed by atoms with Crippen LogP contribution in [0.5, 0.6) is 11.6 Å². The smallest absolute Gasteiger partial charge is 0.238 e. The Labute approximate surface area is 127 Å². The second kappa shape index (κ2) is 5.69. The van der Waals surface area contributed by atoms with Crippen LogP contribution in [0.15, 0.2) is 24.4 Å². The number of benzene rings is 1. The Kier molecular flexibility index (Phi) is 4.16. The second-order valence-electron chi connectivity index (χ2n) is 4.36. The molecule has 0 aliphatic heterocycles. The van der Waals surface area contributed by atoms with E-state index in [1.54, 1.807) is 18.2 Å². The van der Waals surface area contributed by atoms with Crippen LogP contribution >= 0.6 is 23.2 Å². The average molecular weight is 310 g/mol. The molecule has 1 aromatic heterocycles. The summed E-state index contributed by atoms with van der Waals surface area (Å²) in [6, 6.07) is 5.16. The van der Waals surface area contributed by atoms with Gasteiger partial charge in [-0.2, -0.15) is 0 Å². The maximum absolute atomic E-state index is 7.44. The van der Waals surface area contributed by atoms with Crippen LogP contribution in [-0.4, -0.2) is 10.8 Å². The van der Waals surface area contributed by atoms with Gasteiger partial charge in [0.25, 0.3) is 0 Å². The molecule has 6 heteroatoms. The van der Waals surface area contributed by atoms with Crippen LogP contribution in [0.4, 0.5) is 0 Å². The zero-order valence-electron chi connectivity index (χ0n) is 11.0. The van der Waals surface area contributed by atoms with Gasteiger partial charge < -0.3 is 10.5 Å². The molecule has 0 unspecified atom stereocenters. The Bertz CT molecular complexity index is 663. The lowest BCUT2D eigenvalue weighted by Gasteiger charge is -2.11. The molecular weight excluding hydrogens is 297 g/mol. The third-order valence-electron chi connectivity index (χ3n) is 2.77. The number of nitrogens with two attached hydrogens (primary N) is 1. The predicted octanol–water partition coefficient (Wildman–Crippen LogP) is 4.08. The summed E-state index contributed by atoms with van der Waals surface area (Å²) in [5, 5.41) is 8.36. The summed E-state index contributed by atoms with van der Waals surface area (Å²) < 4.78 is 5.66. The molecule has 3 N–H and O–H groups in total. The molecule has 20 heavy (non-hydrogen) atoms. The van der Waals surface area contributed by atoms with Crippen LogP contribution in [0.3, 0.4) is 0 Å². The number of nitrogens with one attached hydrogen (secondary N) is 1. The third-order valence-corrected chi connectivity index (χ3v) is 3.73. The molecule has 0 saturated heterocycles. The van der Waals surface area contributed by atoms with Gasteiger partial charge in [0.2, 0.25) is 5.88 Å². The van der Waals surface area contributed by atoms with Crippen molar-refractivity contribution in [1.29, 1.82) is 5.41 Å². The number of hydrogen-bond acceptors (Lipinski definition) is 3. The van der Waals surface area contributed by atoms with Crippen LogP contribution in [0.25, 0.3) is 0 Å². The summed E-state index contributed by atoms with van der Waals surface area (Å²) in [6.07, 6.45) is 1.49. The number of aryl methyl sites for hydroxylation is 2. The molecule has 4 nitrogen and oxygen atoms in total. The molecule has 0 amide bonds. The Morgan fingerprint density at radius 2 is 1.80 bits per heavy atom. The highest BCUT2D eigenvalue weighted by Crippen LogP contribution is 2.32. The number of halogens is 2. The lowest BCUT2D eigenvalue weighted by molar-refractivity contribution is 0.462. The Hall–Kier alpha value is -1.78. The van der Waals surface area contributed by atoms with Gasteiger partial charge in [-0.15, -0.1) is 0 Å². The molecule has 1 heterocycles. The first-order chi connectivity index (χ1) is 9.40. The van der Waals surface area contributed by atoms with E-state index in [2.05, 4.69) is 4.98 Å². The fourth-order valence-electron chi connectivity index (χ4n) is 1.78. The standard InChI is InChI=1S/C14H13Cl2N3O/c1-7-5-9(6-8(2)11(7)15)20-14-12(16)10(13(17)18)3-4-19-14/h3-6H,1-2H3,(H3,17,18). The number of nitrogens with zero attached hydrogens (tertiary/aromatic N) is 1. The van der Waals surface area contributed by atoms with Gasteiger partial charge in [-0.05, 0) is 43.2 Å². The fraction of sp³-hybridized carbons (Fsp3) is 0.143. The lowest BCUT2D eigenvalue weighted by atomic mass is 10.1. The zero-order valence-corrected chi connectivity index (χ0v) is 12.5.